The highest BCUT2D eigenvalue weighted by Crippen LogP contribution is 2.29. The van der Waals surface area contributed by atoms with Crippen LogP contribution in [0.5, 0.6) is 0 Å². The first-order valence-electron chi connectivity index (χ1n) is 11.1. The first-order chi connectivity index (χ1) is 17.0. The van der Waals surface area contributed by atoms with Crippen LogP contribution in [-0.4, -0.2) is 28.1 Å². The number of rotatable bonds is 8. The van der Waals surface area contributed by atoms with E-state index in [0.717, 1.165) is 10.6 Å². The van der Waals surface area contributed by atoms with Crippen molar-refractivity contribution in [2.45, 2.75) is 23.5 Å². The molecule has 0 aliphatic heterocycles. The fraction of sp³-hybridized carbons (Fsp3) is 0.107. The van der Waals surface area contributed by atoms with Gasteiger partial charge in [-0.3, -0.25) is 9.59 Å². The van der Waals surface area contributed by atoms with Gasteiger partial charge in [0, 0.05) is 27.2 Å². The molecule has 0 spiro atoms. The van der Waals surface area contributed by atoms with Gasteiger partial charge in [0.05, 0.1) is 10.8 Å². The van der Waals surface area contributed by atoms with Crippen LogP contribution in [0.3, 0.4) is 0 Å². The van der Waals surface area contributed by atoms with Crippen LogP contribution in [0.2, 0.25) is 0 Å². The fourth-order valence-corrected chi connectivity index (χ4v) is 4.80. The van der Waals surface area contributed by atoms with E-state index in [1.54, 1.807) is 36.4 Å². The number of carboxylic acid groups (broad SMARTS) is 1. The molecule has 0 saturated heterocycles. The summed E-state index contributed by atoms with van der Waals surface area (Å²) in [5, 5.41) is 16.2. The zero-order valence-electron chi connectivity index (χ0n) is 19.0. The molecule has 0 aliphatic rings. The van der Waals surface area contributed by atoms with Crippen LogP contribution in [0.1, 0.15) is 34.1 Å². The minimum Gasteiger partial charge on any atom is -0.478 e. The molecular weight excluding hydrogens is 460 g/mol. The van der Waals surface area contributed by atoms with Gasteiger partial charge in [0.2, 0.25) is 5.91 Å². The first kappa shape index (κ1) is 24.0. The van der Waals surface area contributed by atoms with Gasteiger partial charge in [0.25, 0.3) is 5.91 Å². The molecule has 0 fully saturated rings. The summed E-state index contributed by atoms with van der Waals surface area (Å²) in [6, 6.07) is 26.6. The Hall–Kier alpha value is -4.10. The van der Waals surface area contributed by atoms with E-state index in [-0.39, 0.29) is 22.3 Å². The summed E-state index contributed by atoms with van der Waals surface area (Å²) in [5.41, 5.74) is 1.66. The number of nitrogens with one attached hydrogen (secondary N) is 2. The van der Waals surface area contributed by atoms with Gasteiger partial charge in [-0.05, 0) is 54.3 Å². The molecule has 2 amide bonds. The van der Waals surface area contributed by atoms with Crippen LogP contribution in [-0.2, 0) is 4.79 Å². The van der Waals surface area contributed by atoms with E-state index in [2.05, 4.69) is 10.6 Å². The molecule has 7 heteroatoms. The Labute approximate surface area is 207 Å². The number of carboxylic acids is 1. The lowest BCUT2D eigenvalue weighted by molar-refractivity contribution is -0.115. The molecule has 176 valence electrons. The van der Waals surface area contributed by atoms with Crippen molar-refractivity contribution in [2.24, 2.45) is 0 Å². The van der Waals surface area contributed by atoms with E-state index >= 15 is 0 Å². The molecule has 3 N–H and O–H groups in total. The molecule has 35 heavy (non-hydrogen) atoms. The molecule has 6 nitrogen and oxygen atoms in total. The molecule has 0 aliphatic carbocycles. The van der Waals surface area contributed by atoms with Crippen molar-refractivity contribution in [1.82, 2.24) is 0 Å². The Bertz CT molecular complexity index is 1380. The van der Waals surface area contributed by atoms with Gasteiger partial charge in [0.1, 0.15) is 0 Å². The number of hydrogen-bond acceptors (Lipinski definition) is 4. The summed E-state index contributed by atoms with van der Waals surface area (Å²) >= 11 is 1.42. The Balaban J connectivity index is 1.52. The molecule has 4 aromatic rings. The van der Waals surface area contributed by atoms with Gasteiger partial charge < -0.3 is 15.7 Å². The number of amides is 2. The van der Waals surface area contributed by atoms with Gasteiger partial charge in [0.15, 0.2) is 0 Å². The van der Waals surface area contributed by atoms with Gasteiger partial charge in [-0.15, -0.1) is 11.8 Å². The minimum atomic E-state index is -1.09. The normalized spacial score (nSPS) is 11.6. The number of carbonyl (C=O) groups excluding carboxylic acids is 2. The summed E-state index contributed by atoms with van der Waals surface area (Å²) in [7, 11) is 0. The molecule has 0 radical (unpaired) electrons. The van der Waals surface area contributed by atoms with Crippen LogP contribution >= 0.6 is 11.8 Å². The van der Waals surface area contributed by atoms with E-state index in [0.29, 0.717) is 22.9 Å². The average Bonchev–Trinajstić information content (AvgIpc) is 2.87. The van der Waals surface area contributed by atoms with E-state index in [1.165, 1.54) is 17.8 Å². The Kier molecular flexibility index (Phi) is 7.48. The van der Waals surface area contributed by atoms with E-state index in [4.69, 9.17) is 0 Å². The molecule has 4 rings (SSSR count). The lowest BCUT2D eigenvalue weighted by Gasteiger charge is -2.16. The summed E-state index contributed by atoms with van der Waals surface area (Å²) in [4.78, 5) is 38.4. The minimum absolute atomic E-state index is 0.0766. The molecular formula is C28H24N2O4S. The predicted octanol–water partition coefficient (Wildman–Crippen LogP) is 6.30. The maximum absolute atomic E-state index is 13.1. The molecule has 4 aromatic carbocycles. The van der Waals surface area contributed by atoms with Crippen LogP contribution < -0.4 is 10.6 Å². The molecule has 1 atom stereocenters. The second kappa shape index (κ2) is 10.9. The zero-order chi connectivity index (χ0) is 24.8. The van der Waals surface area contributed by atoms with Gasteiger partial charge in [-0.1, -0.05) is 55.5 Å². The smallest absolute Gasteiger partial charge is 0.336 e. The lowest BCUT2D eigenvalue weighted by Crippen LogP contribution is -2.24. The SMILES string of the molecule is CCC(Sc1cccc(NC(=O)c2cccc3cccc(C(=O)O)c23)c1)C(=O)Nc1ccccc1. The monoisotopic (exact) mass is 484 g/mol. The maximum atomic E-state index is 13.1. The Morgan fingerprint density at radius 2 is 1.46 bits per heavy atom. The van der Waals surface area contributed by atoms with Crippen molar-refractivity contribution in [3.05, 3.63) is 102 Å². The molecule has 0 aromatic heterocycles. The zero-order valence-corrected chi connectivity index (χ0v) is 19.8. The van der Waals surface area contributed by atoms with E-state index < -0.39 is 11.9 Å². The van der Waals surface area contributed by atoms with Crippen molar-refractivity contribution < 1.29 is 19.5 Å². The third-order valence-corrected chi connectivity index (χ3v) is 6.81. The van der Waals surface area contributed by atoms with Gasteiger partial charge in [-0.25, -0.2) is 4.79 Å². The van der Waals surface area contributed by atoms with Gasteiger partial charge in [-0.2, -0.15) is 0 Å². The van der Waals surface area contributed by atoms with Crippen molar-refractivity contribution in [2.75, 3.05) is 10.6 Å². The van der Waals surface area contributed by atoms with Crippen molar-refractivity contribution in [3.8, 4) is 0 Å². The van der Waals surface area contributed by atoms with Crippen molar-refractivity contribution >= 4 is 51.7 Å². The van der Waals surface area contributed by atoms with Crippen LogP contribution in [0.15, 0.2) is 95.9 Å². The summed E-state index contributed by atoms with van der Waals surface area (Å²) in [6.07, 6.45) is 0.633. The molecule has 0 bridgehead atoms. The highest BCUT2D eigenvalue weighted by molar-refractivity contribution is 8.00. The van der Waals surface area contributed by atoms with Crippen molar-refractivity contribution in [3.63, 3.8) is 0 Å². The number of fused-ring (bicyclic) bond motifs is 1. The maximum Gasteiger partial charge on any atom is 0.336 e. The van der Waals surface area contributed by atoms with Crippen LogP contribution in [0.4, 0.5) is 11.4 Å². The highest BCUT2D eigenvalue weighted by Gasteiger charge is 2.19. The number of benzene rings is 4. The first-order valence-corrected chi connectivity index (χ1v) is 12.0. The number of thioether (sulfide) groups is 1. The highest BCUT2D eigenvalue weighted by atomic mass is 32.2. The van der Waals surface area contributed by atoms with E-state index in [9.17, 15) is 19.5 Å². The number of carbonyl (C=O) groups is 3. The van der Waals surface area contributed by atoms with Crippen LogP contribution in [0.25, 0.3) is 10.8 Å². The lowest BCUT2D eigenvalue weighted by atomic mass is 9.98. The predicted molar refractivity (Wildman–Crippen MR) is 140 cm³/mol. The quantitative estimate of drug-likeness (QED) is 0.255. The topological polar surface area (TPSA) is 95.5 Å². The molecule has 0 saturated carbocycles. The number of anilines is 2. The largest absolute Gasteiger partial charge is 0.478 e. The third kappa shape index (κ3) is 5.70. The van der Waals surface area contributed by atoms with Gasteiger partial charge >= 0.3 is 5.97 Å². The second-order valence-corrected chi connectivity index (χ2v) is 9.14. The average molecular weight is 485 g/mol. The molecule has 0 heterocycles. The van der Waals surface area contributed by atoms with Crippen molar-refractivity contribution in [1.29, 1.82) is 0 Å². The number of aromatic carboxylic acids is 1. The fourth-order valence-electron chi connectivity index (χ4n) is 3.78. The second-order valence-electron chi connectivity index (χ2n) is 7.87. The molecule has 1 unspecified atom stereocenters. The number of para-hydroxylation sites is 1. The standard InChI is InChI=1S/C28H24N2O4S/c1-2-24(27(32)29-19-11-4-3-5-12-19)35-21-14-8-13-20(17-21)30-26(31)22-15-6-9-18-10-7-16-23(25(18)22)28(33)34/h3-17,24H,2H2,1H3,(H,29,32)(H,30,31)(H,33,34). The van der Waals surface area contributed by atoms with E-state index in [1.807, 2.05) is 55.5 Å². The Morgan fingerprint density at radius 1 is 0.800 bits per heavy atom. The summed E-state index contributed by atoms with van der Waals surface area (Å²) < 4.78 is 0. The summed E-state index contributed by atoms with van der Waals surface area (Å²) in [5.74, 6) is -1.58. The van der Waals surface area contributed by atoms with Crippen LogP contribution in [0, 0.1) is 0 Å². The third-order valence-electron chi connectivity index (χ3n) is 5.45. The number of hydrogen-bond donors (Lipinski definition) is 3. The Morgan fingerprint density at radius 3 is 2.14 bits per heavy atom. The summed E-state index contributed by atoms with van der Waals surface area (Å²) in [6.45, 7) is 1.95.